The van der Waals surface area contributed by atoms with E-state index < -0.39 is 33.2 Å². The summed E-state index contributed by atoms with van der Waals surface area (Å²) in [5.41, 5.74) is 2.14. The lowest BCUT2D eigenvalue weighted by atomic mass is 9.79. The number of esters is 6. The van der Waals surface area contributed by atoms with Gasteiger partial charge in [-0.05, 0) is 386 Å². The van der Waals surface area contributed by atoms with Crippen LogP contribution in [0.3, 0.4) is 0 Å². The Morgan fingerprint density at radius 2 is 0.836 bits per heavy atom. The van der Waals surface area contributed by atoms with Gasteiger partial charge in [-0.1, -0.05) is 141 Å². The molecular weight excluding hydrogens is 1690 g/mol. The summed E-state index contributed by atoms with van der Waals surface area (Å²) in [5.74, 6) is 9.85. The predicted octanol–water partition coefficient (Wildman–Crippen LogP) is 28.2. The first-order valence-electron chi connectivity index (χ1n) is 49.8. The summed E-state index contributed by atoms with van der Waals surface area (Å²) < 4.78 is 78.6. The molecule has 0 heterocycles. The van der Waals surface area contributed by atoms with E-state index in [4.69, 9.17) is 66.3 Å². The van der Waals surface area contributed by atoms with Crippen molar-refractivity contribution < 1.29 is 95.1 Å². The quantitative estimate of drug-likeness (QED) is 0.0202. The van der Waals surface area contributed by atoms with E-state index in [2.05, 4.69) is 119 Å². The number of carbonyl (C=O) groups is 6. The molecule has 746 valence electrons. The summed E-state index contributed by atoms with van der Waals surface area (Å²) in [5, 5.41) is 0. The van der Waals surface area contributed by atoms with Gasteiger partial charge in [-0.3, -0.25) is 19.2 Å². The average molecular weight is 1860 g/mol. The van der Waals surface area contributed by atoms with Crippen molar-refractivity contribution in [3.8, 4) is 51.7 Å². The molecule has 134 heavy (non-hydrogen) atoms. The van der Waals surface area contributed by atoms with Crippen molar-refractivity contribution in [1.29, 1.82) is 0 Å². The van der Waals surface area contributed by atoms with Crippen molar-refractivity contribution in [3.05, 3.63) is 162 Å². The van der Waals surface area contributed by atoms with Crippen LogP contribution >= 0.6 is 0 Å². The van der Waals surface area contributed by atoms with Crippen molar-refractivity contribution in [2.75, 3.05) is 20.3 Å². The minimum absolute atomic E-state index is 0.0816. The number of ether oxygens (including phenoxy) is 14. The normalized spacial score (nSPS) is 18.9. The van der Waals surface area contributed by atoms with Crippen LogP contribution in [0.2, 0.25) is 0 Å². The van der Waals surface area contributed by atoms with Gasteiger partial charge in [0.2, 0.25) is 12.6 Å². The molecule has 2 bridgehead atoms. The molecule has 20 heteroatoms. The Morgan fingerprint density at radius 3 is 1.25 bits per heavy atom. The summed E-state index contributed by atoms with van der Waals surface area (Å²) in [6.07, 6.45) is 18.7. The molecule has 10 unspecified atom stereocenters. The standard InChI is InChI=1S/C26H38O4.C21H30O2.C18H26O5.C17H26O4.C16H24O4.C16H26O/c1-6-26(4,5)25(27)29-19-12-10-18(11-13-19)28-24(16(2)3)30-23-15-17-14-22(23)21-9-7-8-20(17)21;1-14-12-17-13-16(10-11-19(17)15(14)2)20(22)23-21(3,4)18-8-6-5-7-9-18;1-7-18(5,6)16(20)22-14-10-8-13(9-11-14)21-12-15(19)23-17(2,3)4;1-7-17(4,5)16(18)21-14-10-8-13(9-11-14)20-15(19-6)12(2)3;1-6-16(4,5)15(17)20-14-10-8-13(9-11-14)19-12(3)18-7-2;1-7-15(3,4)13-9-11-14(12-10-13)17-16(5,6)8-2/h10-13,16-17,20-24H,6-9,14-15H2,1-5H3;10-11,13-15,18H,5-9,12H2,1-4H3;8-11H,7,12H2,1-6H3;8-12,15H,7H2,1-6H3;8-12H,6-7H2,1-5H3;9-12H,7-8H2,1-6H3. The molecule has 11 rings (SSSR count). The van der Waals surface area contributed by atoms with E-state index in [0.29, 0.717) is 82.7 Å². The van der Waals surface area contributed by atoms with Gasteiger partial charge >= 0.3 is 35.8 Å². The predicted molar refractivity (Wildman–Crippen MR) is 534 cm³/mol. The third kappa shape index (κ3) is 35.5. The minimum atomic E-state index is -0.537. The Hall–Kier alpha value is -8.98. The molecule has 5 aliphatic rings. The second-order valence-corrected chi connectivity index (χ2v) is 43.1. The molecular formula is C114H170O20. The molecule has 0 aliphatic heterocycles. The van der Waals surface area contributed by atoms with Gasteiger partial charge in [-0.15, -0.1) is 0 Å². The maximum atomic E-state index is 12.6. The first kappa shape index (κ1) is 114. The lowest BCUT2D eigenvalue weighted by Gasteiger charge is -2.36. The van der Waals surface area contributed by atoms with Crippen LogP contribution in [0.4, 0.5) is 0 Å². The summed E-state index contributed by atoms with van der Waals surface area (Å²) in [4.78, 5) is 72.4. The number of carbonyl (C=O) groups excluding carboxylic acids is 6. The highest BCUT2D eigenvalue weighted by Gasteiger charge is 2.55. The fourth-order valence-corrected chi connectivity index (χ4v) is 16.2. The zero-order chi connectivity index (χ0) is 100. The summed E-state index contributed by atoms with van der Waals surface area (Å²) >= 11 is 0. The van der Waals surface area contributed by atoms with E-state index in [0.717, 1.165) is 73.7 Å². The van der Waals surface area contributed by atoms with Crippen LogP contribution in [0.1, 0.15) is 350 Å². The number of hydrogen-bond donors (Lipinski definition) is 0. The molecule has 0 spiro atoms. The van der Waals surface area contributed by atoms with E-state index in [1.807, 2.05) is 129 Å². The Bertz CT molecular complexity index is 4560. The van der Waals surface area contributed by atoms with Crippen LogP contribution in [0, 0.1) is 69.0 Å². The molecule has 20 nitrogen and oxygen atoms in total. The van der Waals surface area contributed by atoms with Gasteiger partial charge in [0, 0.05) is 25.6 Å². The highest BCUT2D eigenvalue weighted by atomic mass is 16.7. The Kier molecular flexibility index (Phi) is 43.7. The van der Waals surface area contributed by atoms with Gasteiger partial charge in [-0.2, -0.15) is 0 Å². The van der Waals surface area contributed by atoms with Crippen LogP contribution in [0.5, 0.6) is 51.7 Å². The van der Waals surface area contributed by atoms with Crippen molar-refractivity contribution >= 4 is 35.8 Å². The maximum absolute atomic E-state index is 12.6. The van der Waals surface area contributed by atoms with Gasteiger partial charge in [0.05, 0.1) is 33.3 Å². The fourth-order valence-electron chi connectivity index (χ4n) is 16.2. The molecule has 6 aromatic carbocycles. The molecule has 10 atom stereocenters. The van der Waals surface area contributed by atoms with Crippen LogP contribution in [0.25, 0.3) is 0 Å². The van der Waals surface area contributed by atoms with E-state index in [9.17, 15) is 28.8 Å². The van der Waals surface area contributed by atoms with E-state index in [1.165, 1.54) is 80.9 Å². The summed E-state index contributed by atoms with van der Waals surface area (Å²) in [7, 11) is 1.62. The number of benzene rings is 6. The lowest BCUT2D eigenvalue weighted by Crippen LogP contribution is -2.37. The first-order chi connectivity index (χ1) is 62.7. The Morgan fingerprint density at radius 1 is 0.418 bits per heavy atom. The third-order valence-corrected chi connectivity index (χ3v) is 27.8. The molecule has 4 fully saturated rings. The van der Waals surface area contributed by atoms with Gasteiger partial charge < -0.3 is 66.3 Å². The van der Waals surface area contributed by atoms with E-state index >= 15 is 0 Å². The van der Waals surface area contributed by atoms with Crippen LogP contribution in [0.15, 0.2) is 140 Å². The van der Waals surface area contributed by atoms with Gasteiger partial charge in [-0.25, -0.2) is 9.59 Å². The van der Waals surface area contributed by atoms with Gasteiger partial charge in [0.15, 0.2) is 12.9 Å². The molecule has 0 saturated heterocycles. The number of fused-ring (bicyclic) bond motifs is 6. The van der Waals surface area contributed by atoms with Gasteiger partial charge in [0.25, 0.3) is 0 Å². The molecule has 0 amide bonds. The molecule has 4 saturated carbocycles. The Balaban J connectivity index is 0.000000249. The maximum Gasteiger partial charge on any atom is 0.344 e. The molecule has 5 aliphatic carbocycles. The molecule has 0 aromatic heterocycles. The van der Waals surface area contributed by atoms with E-state index in [1.54, 1.807) is 113 Å². The van der Waals surface area contributed by atoms with Crippen LogP contribution in [-0.4, -0.2) is 97.9 Å². The highest BCUT2D eigenvalue weighted by molar-refractivity contribution is 5.90. The van der Waals surface area contributed by atoms with Crippen LogP contribution < -0.4 is 42.6 Å². The Labute approximate surface area is 806 Å². The zero-order valence-corrected chi connectivity index (χ0v) is 87.9. The summed E-state index contributed by atoms with van der Waals surface area (Å²) in [6.45, 7) is 62.7. The second-order valence-electron chi connectivity index (χ2n) is 43.1. The second kappa shape index (κ2) is 51.4. The van der Waals surface area contributed by atoms with Crippen molar-refractivity contribution in [3.63, 3.8) is 0 Å². The topological polar surface area (TPSA) is 232 Å². The van der Waals surface area contributed by atoms with Gasteiger partial charge in [0.1, 0.15) is 68.5 Å². The smallest absolute Gasteiger partial charge is 0.344 e. The van der Waals surface area contributed by atoms with Crippen molar-refractivity contribution in [2.45, 2.75) is 377 Å². The average Bonchev–Trinajstić information content (AvgIpc) is 1.59. The molecule has 0 radical (unpaired) electrons. The molecule has 0 N–H and O–H groups in total. The molecule has 6 aromatic rings. The first-order valence-corrected chi connectivity index (χ1v) is 49.8. The minimum Gasteiger partial charge on any atom is -0.488 e. The summed E-state index contributed by atoms with van der Waals surface area (Å²) in [6, 6.07) is 42.6. The number of methoxy groups -OCH3 is 1. The SMILES string of the molecule is CC1Cc2cc(C(=O)OC(C)(C)C3CCCCC3)ccc2C1C.CCC(C)(C)C(=O)Oc1ccc(OC(OC)C(C)C)cc1.CCC(C)(C)C(=O)Oc1ccc(OC(OC2CC3CC2C2CCCC32)C(C)C)cc1.CCC(C)(C)C(=O)Oc1ccc(OCC(=O)OC(C)(C)C)cc1.CCC(C)(C)Oc1ccc(C(C)(C)CC)cc1.CCOC(C)Oc1ccc(OC(=O)C(C)(C)CC)cc1. The van der Waals surface area contributed by atoms with Crippen LogP contribution in [-0.2, 0) is 59.5 Å². The van der Waals surface area contributed by atoms with E-state index in [-0.39, 0.29) is 83.8 Å². The lowest BCUT2D eigenvalue weighted by molar-refractivity contribution is -0.162. The number of rotatable bonds is 36. The fraction of sp³-hybridized carbons (Fsp3) is 0.632. The van der Waals surface area contributed by atoms with Crippen molar-refractivity contribution in [1.82, 2.24) is 0 Å². The monoisotopic (exact) mass is 1860 g/mol. The highest BCUT2D eigenvalue weighted by Crippen LogP contribution is 2.60. The third-order valence-electron chi connectivity index (χ3n) is 27.8. The number of hydrogen-bond acceptors (Lipinski definition) is 20. The van der Waals surface area contributed by atoms with Crippen molar-refractivity contribution in [2.24, 2.45) is 69.0 Å². The largest absolute Gasteiger partial charge is 0.488 e. The zero-order valence-electron chi connectivity index (χ0n) is 87.9.